The Labute approximate surface area is 172 Å². The van der Waals surface area contributed by atoms with Gasteiger partial charge >= 0.3 is 0 Å². The molecule has 3 rings (SSSR count). The van der Waals surface area contributed by atoms with Crippen LogP contribution in [0.2, 0.25) is 0 Å². The number of aromatic nitrogens is 1. The molecule has 0 bridgehead atoms. The average Bonchev–Trinajstić information content (AvgIpc) is 2.71. The Morgan fingerprint density at radius 3 is 2.52 bits per heavy atom. The summed E-state index contributed by atoms with van der Waals surface area (Å²) < 4.78 is 18.1. The minimum Gasteiger partial charge on any atom is -0.383 e. The fourth-order valence-corrected chi connectivity index (χ4v) is 3.82. The van der Waals surface area contributed by atoms with E-state index in [0.29, 0.717) is 19.1 Å². The van der Waals surface area contributed by atoms with Crippen LogP contribution in [0.4, 0.5) is 4.39 Å². The molecular formula is C23H30FN3O2. The van der Waals surface area contributed by atoms with Gasteiger partial charge in [-0.1, -0.05) is 18.2 Å². The summed E-state index contributed by atoms with van der Waals surface area (Å²) in [5.41, 5.74) is 3.32. The van der Waals surface area contributed by atoms with E-state index in [2.05, 4.69) is 27.3 Å². The van der Waals surface area contributed by atoms with Crippen molar-refractivity contribution in [3.63, 3.8) is 0 Å². The van der Waals surface area contributed by atoms with Crippen LogP contribution >= 0.6 is 0 Å². The van der Waals surface area contributed by atoms with Crippen LogP contribution in [0.3, 0.4) is 0 Å². The summed E-state index contributed by atoms with van der Waals surface area (Å²) in [7, 11) is 1.64. The first-order chi connectivity index (χ1) is 14.0. The number of nitrogens with zero attached hydrogens (tertiary/aromatic N) is 2. The lowest BCUT2D eigenvalue weighted by molar-refractivity contribution is -0.123. The number of pyridine rings is 1. The summed E-state index contributed by atoms with van der Waals surface area (Å²) >= 11 is 0. The molecule has 0 aliphatic carbocycles. The van der Waals surface area contributed by atoms with E-state index in [1.807, 2.05) is 25.3 Å². The second kappa shape index (κ2) is 10.5. The molecule has 1 N–H and O–H groups in total. The molecule has 1 fully saturated rings. The van der Waals surface area contributed by atoms with Crippen LogP contribution in [0.1, 0.15) is 42.5 Å². The standard InChI is InChI=1S/C23H30FN3O2/c1-17(16-29-2)26-23(28)15-27-11-9-20(10-12-27)22-8-5-19(14-25-22)13-18-3-6-21(24)7-4-18/h3-8,14,17,20H,9-13,15-16H2,1-2H3,(H,26,28)/t17-/m1/s1. The Bertz CT molecular complexity index is 772. The summed E-state index contributed by atoms with van der Waals surface area (Å²) in [6.07, 6.45) is 4.69. The van der Waals surface area contributed by atoms with Crippen LogP contribution in [0.15, 0.2) is 42.6 Å². The highest BCUT2D eigenvalue weighted by Gasteiger charge is 2.23. The molecule has 0 spiro atoms. The number of amides is 1. The molecule has 1 aliphatic heterocycles. The van der Waals surface area contributed by atoms with Crippen molar-refractivity contribution in [3.8, 4) is 0 Å². The maximum atomic E-state index is 13.0. The van der Waals surface area contributed by atoms with E-state index >= 15 is 0 Å². The number of rotatable bonds is 8. The number of carbonyl (C=O) groups is 1. The molecule has 0 saturated carbocycles. The molecule has 5 nitrogen and oxygen atoms in total. The molecular weight excluding hydrogens is 369 g/mol. The van der Waals surface area contributed by atoms with Gasteiger partial charge in [0, 0.05) is 31.0 Å². The molecule has 1 saturated heterocycles. The zero-order chi connectivity index (χ0) is 20.6. The van der Waals surface area contributed by atoms with Crippen molar-refractivity contribution in [3.05, 3.63) is 65.2 Å². The highest BCUT2D eigenvalue weighted by molar-refractivity contribution is 5.78. The number of benzene rings is 1. The normalized spacial score (nSPS) is 16.5. The fraction of sp³-hybridized carbons (Fsp3) is 0.478. The van der Waals surface area contributed by atoms with Crippen molar-refractivity contribution in [1.29, 1.82) is 0 Å². The molecule has 6 heteroatoms. The van der Waals surface area contributed by atoms with E-state index < -0.39 is 0 Å². The van der Waals surface area contributed by atoms with Gasteiger partial charge < -0.3 is 10.1 Å². The highest BCUT2D eigenvalue weighted by atomic mass is 19.1. The van der Waals surface area contributed by atoms with Gasteiger partial charge in [-0.2, -0.15) is 0 Å². The Hall–Kier alpha value is -2.31. The summed E-state index contributed by atoms with van der Waals surface area (Å²) in [6, 6.07) is 10.9. The smallest absolute Gasteiger partial charge is 0.234 e. The first-order valence-corrected chi connectivity index (χ1v) is 10.2. The number of carbonyl (C=O) groups excluding carboxylic acids is 1. The number of methoxy groups -OCH3 is 1. The zero-order valence-corrected chi connectivity index (χ0v) is 17.2. The third kappa shape index (κ3) is 6.61. The molecule has 2 aromatic rings. The predicted molar refractivity (Wildman–Crippen MR) is 111 cm³/mol. The van der Waals surface area contributed by atoms with Gasteiger partial charge in [0.25, 0.3) is 0 Å². The van der Waals surface area contributed by atoms with E-state index in [1.54, 1.807) is 7.11 Å². The van der Waals surface area contributed by atoms with Crippen molar-refractivity contribution < 1.29 is 13.9 Å². The van der Waals surface area contributed by atoms with Crippen molar-refractivity contribution in [2.24, 2.45) is 0 Å². The third-order valence-corrected chi connectivity index (χ3v) is 5.37. The quantitative estimate of drug-likeness (QED) is 0.741. The first kappa shape index (κ1) is 21.4. The predicted octanol–water partition coefficient (Wildman–Crippen LogP) is 3.14. The van der Waals surface area contributed by atoms with E-state index in [-0.39, 0.29) is 17.8 Å². The number of halogens is 1. The molecule has 156 valence electrons. The molecule has 29 heavy (non-hydrogen) atoms. The zero-order valence-electron chi connectivity index (χ0n) is 17.2. The summed E-state index contributed by atoms with van der Waals surface area (Å²) in [6.45, 7) is 4.70. The number of nitrogens with one attached hydrogen (secondary N) is 1. The maximum Gasteiger partial charge on any atom is 0.234 e. The van der Waals surface area contributed by atoms with Crippen LogP contribution in [0, 0.1) is 5.82 Å². The number of hydrogen-bond acceptors (Lipinski definition) is 4. The van der Waals surface area contributed by atoms with Crippen molar-refractivity contribution in [1.82, 2.24) is 15.2 Å². The lowest BCUT2D eigenvalue weighted by Gasteiger charge is -2.31. The van der Waals surface area contributed by atoms with Crippen LogP contribution in [-0.2, 0) is 16.0 Å². The number of likely N-dealkylation sites (tertiary alicyclic amines) is 1. The molecule has 1 aromatic heterocycles. The minimum atomic E-state index is -0.212. The molecule has 0 unspecified atom stereocenters. The monoisotopic (exact) mass is 399 g/mol. The van der Waals surface area contributed by atoms with Crippen LogP contribution in [-0.4, -0.2) is 55.2 Å². The Morgan fingerprint density at radius 2 is 1.90 bits per heavy atom. The fourth-order valence-electron chi connectivity index (χ4n) is 3.82. The summed E-state index contributed by atoms with van der Waals surface area (Å²) in [5.74, 6) is 0.272. The Kier molecular flexibility index (Phi) is 7.72. The lowest BCUT2D eigenvalue weighted by atomic mass is 9.92. The molecule has 1 aromatic carbocycles. The number of piperidine rings is 1. The second-order valence-electron chi connectivity index (χ2n) is 7.87. The van der Waals surface area contributed by atoms with Gasteiger partial charge in [0.1, 0.15) is 5.82 Å². The molecule has 1 aliphatic rings. The van der Waals surface area contributed by atoms with E-state index in [9.17, 15) is 9.18 Å². The van der Waals surface area contributed by atoms with Crippen LogP contribution in [0.25, 0.3) is 0 Å². The average molecular weight is 400 g/mol. The van der Waals surface area contributed by atoms with Crippen molar-refractivity contribution in [2.75, 3.05) is 33.4 Å². The Morgan fingerprint density at radius 1 is 1.21 bits per heavy atom. The largest absolute Gasteiger partial charge is 0.383 e. The topological polar surface area (TPSA) is 54.5 Å². The molecule has 1 amide bonds. The SMILES string of the molecule is COC[C@@H](C)NC(=O)CN1CCC(c2ccc(Cc3ccc(F)cc3)cn2)CC1. The summed E-state index contributed by atoms with van der Waals surface area (Å²) in [5, 5.41) is 2.96. The minimum absolute atomic E-state index is 0.0302. The van der Waals surface area contributed by atoms with Gasteiger partial charge in [-0.3, -0.25) is 14.7 Å². The highest BCUT2D eigenvalue weighted by Crippen LogP contribution is 2.26. The molecule has 0 radical (unpaired) electrons. The lowest BCUT2D eigenvalue weighted by Crippen LogP contribution is -2.44. The van der Waals surface area contributed by atoms with Crippen molar-refractivity contribution in [2.45, 2.75) is 38.1 Å². The van der Waals surface area contributed by atoms with Gasteiger partial charge in [0.2, 0.25) is 5.91 Å². The van der Waals surface area contributed by atoms with E-state index in [0.717, 1.165) is 49.2 Å². The first-order valence-electron chi connectivity index (χ1n) is 10.2. The number of ether oxygens (including phenoxy) is 1. The van der Waals surface area contributed by atoms with Gasteiger partial charge in [0.05, 0.1) is 13.2 Å². The van der Waals surface area contributed by atoms with Gasteiger partial charge in [-0.25, -0.2) is 4.39 Å². The Balaban J connectivity index is 1.45. The van der Waals surface area contributed by atoms with Gasteiger partial charge in [-0.15, -0.1) is 0 Å². The molecule has 1 atom stereocenters. The van der Waals surface area contributed by atoms with Crippen molar-refractivity contribution >= 4 is 5.91 Å². The third-order valence-electron chi connectivity index (χ3n) is 5.37. The van der Waals surface area contributed by atoms with Crippen LogP contribution < -0.4 is 5.32 Å². The number of hydrogen-bond donors (Lipinski definition) is 1. The van der Waals surface area contributed by atoms with Crippen LogP contribution in [0.5, 0.6) is 0 Å². The van der Waals surface area contributed by atoms with Gasteiger partial charge in [0.15, 0.2) is 0 Å². The maximum absolute atomic E-state index is 13.0. The van der Waals surface area contributed by atoms with E-state index in [4.69, 9.17) is 4.74 Å². The van der Waals surface area contributed by atoms with E-state index in [1.165, 1.54) is 12.1 Å². The van der Waals surface area contributed by atoms with Gasteiger partial charge in [-0.05, 0) is 68.6 Å². The summed E-state index contributed by atoms with van der Waals surface area (Å²) in [4.78, 5) is 19.0. The molecule has 2 heterocycles. The second-order valence-corrected chi connectivity index (χ2v) is 7.87.